The first-order valence-corrected chi connectivity index (χ1v) is 8.69. The van der Waals surface area contributed by atoms with E-state index in [1.54, 1.807) is 35.2 Å². The Bertz CT molecular complexity index is 805. The van der Waals surface area contributed by atoms with Crippen molar-refractivity contribution in [2.75, 3.05) is 11.4 Å². The van der Waals surface area contributed by atoms with E-state index in [9.17, 15) is 14.7 Å². The van der Waals surface area contributed by atoms with Crippen LogP contribution in [-0.2, 0) is 10.4 Å². The first-order chi connectivity index (χ1) is 11.5. The van der Waals surface area contributed by atoms with E-state index in [4.69, 9.17) is 0 Å². The first kappa shape index (κ1) is 16.9. The summed E-state index contributed by atoms with van der Waals surface area (Å²) < 4.78 is 0.783. The van der Waals surface area contributed by atoms with Gasteiger partial charge < -0.3 is 10.0 Å². The number of carbonyl (C=O) groups is 2. The zero-order chi connectivity index (χ0) is 17.3. The number of Topliss-reactive ketones (excluding diaryl/α,β-unsaturated/α-hetero) is 1. The lowest BCUT2D eigenvalue weighted by Crippen LogP contribution is -2.42. The van der Waals surface area contributed by atoms with Gasteiger partial charge in [0.1, 0.15) is 0 Å². The number of ketones is 1. The van der Waals surface area contributed by atoms with E-state index in [2.05, 4.69) is 15.9 Å². The van der Waals surface area contributed by atoms with Gasteiger partial charge in [-0.25, -0.2) is 0 Å². The smallest absolute Gasteiger partial charge is 0.264 e. The summed E-state index contributed by atoms with van der Waals surface area (Å²) >= 11 is 3.33. The number of anilines is 1. The van der Waals surface area contributed by atoms with E-state index in [1.165, 1.54) is 0 Å². The maximum atomic E-state index is 12.8. The van der Waals surface area contributed by atoms with Crippen LogP contribution in [0.5, 0.6) is 0 Å². The highest BCUT2D eigenvalue weighted by Gasteiger charge is 2.50. The molecule has 2 aromatic carbocycles. The average Bonchev–Trinajstić information content (AvgIpc) is 2.78. The van der Waals surface area contributed by atoms with Crippen LogP contribution in [0.15, 0.2) is 53.0 Å². The third-order valence-electron chi connectivity index (χ3n) is 4.25. The Morgan fingerprint density at radius 1 is 1.21 bits per heavy atom. The van der Waals surface area contributed by atoms with Crippen LogP contribution in [0, 0.1) is 0 Å². The molecular weight excluding hydrogens is 370 g/mol. The molecule has 0 radical (unpaired) electrons. The molecule has 1 N–H and O–H groups in total. The number of para-hydroxylation sites is 1. The second-order valence-corrected chi connectivity index (χ2v) is 6.86. The van der Waals surface area contributed by atoms with Gasteiger partial charge in [-0.3, -0.25) is 9.59 Å². The predicted octanol–water partition coefficient (Wildman–Crippen LogP) is 3.67. The van der Waals surface area contributed by atoms with E-state index in [0.717, 1.165) is 10.9 Å². The van der Waals surface area contributed by atoms with Crippen LogP contribution < -0.4 is 4.90 Å². The SMILES string of the molecule is CCCN1C(=O)[C@@](O)(CC(=O)c2cccc(Br)c2)c2ccccc21. The molecule has 24 heavy (non-hydrogen) atoms. The van der Waals surface area contributed by atoms with Crippen LogP contribution in [0.4, 0.5) is 5.69 Å². The summed E-state index contributed by atoms with van der Waals surface area (Å²) in [6.45, 7) is 2.49. The molecule has 0 saturated carbocycles. The fourth-order valence-corrected chi connectivity index (χ4v) is 3.52. The predicted molar refractivity (Wildman–Crippen MR) is 96.1 cm³/mol. The van der Waals surface area contributed by atoms with Gasteiger partial charge in [0.05, 0.1) is 12.1 Å². The van der Waals surface area contributed by atoms with Gasteiger partial charge in [0, 0.05) is 22.1 Å². The summed E-state index contributed by atoms with van der Waals surface area (Å²) in [4.78, 5) is 27.0. The van der Waals surface area contributed by atoms with E-state index in [1.807, 2.05) is 25.1 Å². The fourth-order valence-electron chi connectivity index (χ4n) is 3.12. The van der Waals surface area contributed by atoms with Gasteiger partial charge in [-0.1, -0.05) is 53.2 Å². The van der Waals surface area contributed by atoms with Crippen molar-refractivity contribution in [3.8, 4) is 0 Å². The summed E-state index contributed by atoms with van der Waals surface area (Å²) in [5.74, 6) is -0.686. The number of rotatable bonds is 5. The van der Waals surface area contributed by atoms with E-state index in [-0.39, 0.29) is 12.2 Å². The number of amides is 1. The molecule has 0 bridgehead atoms. The number of benzene rings is 2. The highest BCUT2D eigenvalue weighted by molar-refractivity contribution is 9.10. The van der Waals surface area contributed by atoms with E-state index < -0.39 is 11.5 Å². The Hall–Kier alpha value is -1.98. The first-order valence-electron chi connectivity index (χ1n) is 7.90. The van der Waals surface area contributed by atoms with Crippen LogP contribution in [0.25, 0.3) is 0 Å². The molecule has 0 saturated heterocycles. The van der Waals surface area contributed by atoms with Crippen molar-refractivity contribution < 1.29 is 14.7 Å². The number of carbonyl (C=O) groups excluding carboxylic acids is 2. The van der Waals surface area contributed by atoms with Crippen LogP contribution in [0.3, 0.4) is 0 Å². The summed E-state index contributed by atoms with van der Waals surface area (Å²) in [6.07, 6.45) is 0.509. The van der Waals surface area contributed by atoms with Gasteiger partial charge in [-0.2, -0.15) is 0 Å². The normalized spacial score (nSPS) is 19.5. The van der Waals surface area contributed by atoms with Gasteiger partial charge in [-0.05, 0) is 24.6 Å². The lowest BCUT2D eigenvalue weighted by Gasteiger charge is -2.22. The molecule has 1 aliphatic heterocycles. The van der Waals surface area contributed by atoms with Crippen molar-refractivity contribution >= 4 is 33.3 Å². The number of halogens is 1. The third-order valence-corrected chi connectivity index (χ3v) is 4.74. The largest absolute Gasteiger partial charge is 0.375 e. The van der Waals surface area contributed by atoms with E-state index in [0.29, 0.717) is 23.4 Å². The van der Waals surface area contributed by atoms with Crippen molar-refractivity contribution in [1.82, 2.24) is 0 Å². The third kappa shape index (κ3) is 2.78. The standard InChI is InChI=1S/C19H18BrNO3/c1-2-10-21-16-9-4-3-8-15(16)19(24,18(21)23)12-17(22)13-6-5-7-14(20)11-13/h3-9,11,24H,2,10,12H2,1H3/t19-/m1/s1. The number of nitrogens with zero attached hydrogens (tertiary/aromatic N) is 1. The average molecular weight is 388 g/mol. The van der Waals surface area contributed by atoms with Gasteiger partial charge in [0.2, 0.25) is 0 Å². The monoisotopic (exact) mass is 387 g/mol. The molecule has 1 aliphatic rings. The molecule has 0 aromatic heterocycles. The summed E-state index contributed by atoms with van der Waals surface area (Å²) in [5, 5.41) is 11.1. The molecular formula is C19H18BrNO3. The fraction of sp³-hybridized carbons (Fsp3) is 0.263. The molecule has 1 atom stereocenters. The Balaban J connectivity index is 1.97. The van der Waals surface area contributed by atoms with Crippen molar-refractivity contribution in [3.05, 3.63) is 64.1 Å². The highest BCUT2D eigenvalue weighted by atomic mass is 79.9. The van der Waals surface area contributed by atoms with Crippen LogP contribution in [0.2, 0.25) is 0 Å². The van der Waals surface area contributed by atoms with E-state index >= 15 is 0 Å². The van der Waals surface area contributed by atoms with Gasteiger partial charge in [0.15, 0.2) is 11.4 Å². The van der Waals surface area contributed by atoms with Gasteiger partial charge >= 0.3 is 0 Å². The maximum absolute atomic E-state index is 12.8. The molecule has 0 aliphatic carbocycles. The molecule has 0 unspecified atom stereocenters. The molecule has 1 amide bonds. The van der Waals surface area contributed by atoms with Crippen molar-refractivity contribution in [2.45, 2.75) is 25.4 Å². The zero-order valence-electron chi connectivity index (χ0n) is 13.3. The molecule has 3 rings (SSSR count). The van der Waals surface area contributed by atoms with Crippen LogP contribution in [0.1, 0.15) is 35.7 Å². The second-order valence-electron chi connectivity index (χ2n) is 5.94. The quantitative estimate of drug-likeness (QED) is 0.796. The van der Waals surface area contributed by atoms with Crippen molar-refractivity contribution in [3.63, 3.8) is 0 Å². The van der Waals surface area contributed by atoms with Gasteiger partial charge in [-0.15, -0.1) is 0 Å². The Labute approximate surface area is 149 Å². The minimum atomic E-state index is -1.80. The van der Waals surface area contributed by atoms with Crippen LogP contribution in [-0.4, -0.2) is 23.3 Å². The molecule has 124 valence electrons. The molecule has 4 nitrogen and oxygen atoms in total. The molecule has 0 fully saturated rings. The summed E-state index contributed by atoms with van der Waals surface area (Å²) in [7, 11) is 0. The molecule has 1 heterocycles. The number of fused-ring (bicyclic) bond motifs is 1. The Kier molecular flexibility index (Phi) is 4.56. The summed E-state index contributed by atoms with van der Waals surface area (Å²) in [5.41, 5.74) is -0.136. The van der Waals surface area contributed by atoms with Crippen molar-refractivity contribution in [2.24, 2.45) is 0 Å². The minimum Gasteiger partial charge on any atom is -0.375 e. The molecule has 0 spiro atoms. The maximum Gasteiger partial charge on any atom is 0.264 e. The number of aliphatic hydroxyl groups is 1. The number of hydrogen-bond donors (Lipinski definition) is 1. The number of hydrogen-bond acceptors (Lipinski definition) is 3. The highest BCUT2D eigenvalue weighted by Crippen LogP contribution is 2.42. The lowest BCUT2D eigenvalue weighted by atomic mass is 9.88. The minimum absolute atomic E-state index is 0.264. The van der Waals surface area contributed by atoms with Gasteiger partial charge in [0.25, 0.3) is 5.91 Å². The Morgan fingerprint density at radius 3 is 2.67 bits per heavy atom. The topological polar surface area (TPSA) is 57.6 Å². The molecule has 2 aromatic rings. The Morgan fingerprint density at radius 2 is 1.96 bits per heavy atom. The lowest BCUT2D eigenvalue weighted by molar-refractivity contribution is -0.135. The summed E-state index contributed by atoms with van der Waals surface area (Å²) in [6, 6.07) is 14.1. The second kappa shape index (κ2) is 6.49. The zero-order valence-corrected chi connectivity index (χ0v) is 14.9. The van der Waals surface area contributed by atoms with Crippen LogP contribution >= 0.6 is 15.9 Å². The van der Waals surface area contributed by atoms with Crippen molar-refractivity contribution in [1.29, 1.82) is 0 Å². The molecule has 5 heteroatoms.